The van der Waals surface area contributed by atoms with Crippen LogP contribution >= 0.6 is 0 Å². The van der Waals surface area contributed by atoms with Crippen LogP contribution in [-0.2, 0) is 4.79 Å². The molecule has 0 spiro atoms. The number of carbonyl (C=O) groups is 1. The van der Waals surface area contributed by atoms with Crippen LogP contribution in [0, 0.1) is 0 Å². The van der Waals surface area contributed by atoms with Crippen LogP contribution in [0.2, 0.25) is 0 Å². The van der Waals surface area contributed by atoms with Gasteiger partial charge in [0.1, 0.15) is 5.54 Å². The van der Waals surface area contributed by atoms with E-state index in [-0.39, 0.29) is 11.8 Å². The lowest BCUT2D eigenvalue weighted by Gasteiger charge is -2.11. The van der Waals surface area contributed by atoms with Crippen LogP contribution < -0.4 is 11.1 Å². The maximum Gasteiger partial charge on any atom is 0.240 e. The van der Waals surface area contributed by atoms with Crippen molar-refractivity contribution in [2.24, 2.45) is 5.73 Å². The van der Waals surface area contributed by atoms with E-state index in [2.05, 4.69) is 5.32 Å². The van der Waals surface area contributed by atoms with Gasteiger partial charge in [0.05, 0.1) is 0 Å². The first-order chi connectivity index (χ1) is 7.68. The summed E-state index contributed by atoms with van der Waals surface area (Å²) in [6, 6.07) is 10.0. The van der Waals surface area contributed by atoms with E-state index in [0.29, 0.717) is 6.54 Å². The maximum absolute atomic E-state index is 11.8. The van der Waals surface area contributed by atoms with Gasteiger partial charge in [0.2, 0.25) is 5.91 Å². The Hall–Kier alpha value is -1.35. The first-order valence-corrected chi connectivity index (χ1v) is 5.80. The summed E-state index contributed by atoms with van der Waals surface area (Å²) in [4.78, 5) is 11.8. The summed E-state index contributed by atoms with van der Waals surface area (Å²) in [5, 5.41) is 2.87. The fourth-order valence-electron chi connectivity index (χ4n) is 2.03. The highest BCUT2D eigenvalue weighted by Gasteiger charge is 2.57. The van der Waals surface area contributed by atoms with Gasteiger partial charge in [-0.25, -0.2) is 0 Å². The van der Waals surface area contributed by atoms with Crippen LogP contribution in [-0.4, -0.2) is 18.0 Å². The van der Waals surface area contributed by atoms with Crippen molar-refractivity contribution < 1.29 is 4.79 Å². The molecule has 2 rings (SSSR count). The molecule has 16 heavy (non-hydrogen) atoms. The average molecular weight is 218 g/mol. The Morgan fingerprint density at radius 3 is 2.81 bits per heavy atom. The first-order valence-electron chi connectivity index (χ1n) is 5.80. The predicted octanol–water partition coefficient (Wildman–Crippen LogP) is 1.40. The topological polar surface area (TPSA) is 55.1 Å². The molecule has 1 aliphatic rings. The molecule has 1 saturated carbocycles. The second-order valence-corrected chi connectivity index (χ2v) is 4.46. The van der Waals surface area contributed by atoms with Gasteiger partial charge in [-0.2, -0.15) is 0 Å². The lowest BCUT2D eigenvalue weighted by molar-refractivity contribution is -0.123. The van der Waals surface area contributed by atoms with Crippen LogP contribution in [0.1, 0.15) is 31.2 Å². The molecule has 1 aromatic rings. The molecule has 0 heterocycles. The molecule has 1 aliphatic carbocycles. The van der Waals surface area contributed by atoms with E-state index in [9.17, 15) is 4.79 Å². The molecule has 0 radical (unpaired) electrons. The van der Waals surface area contributed by atoms with E-state index < -0.39 is 5.54 Å². The molecule has 1 amide bonds. The Balaban J connectivity index is 2.01. The standard InChI is InChI=1S/C13H18N2O/c1-2-8-15-12(16)13(14)9-11(13)10-6-4-3-5-7-10/h3-7,11H,2,8-9,14H2,1H3,(H,15,16)/t11-,13+/m1/s1. The largest absolute Gasteiger partial charge is 0.354 e. The SMILES string of the molecule is CCCNC(=O)[C@]1(N)C[C@@H]1c1ccccc1. The third kappa shape index (κ3) is 1.95. The summed E-state index contributed by atoms with van der Waals surface area (Å²) < 4.78 is 0. The fourth-order valence-corrected chi connectivity index (χ4v) is 2.03. The third-order valence-electron chi connectivity index (χ3n) is 3.16. The van der Waals surface area contributed by atoms with Gasteiger partial charge < -0.3 is 11.1 Å². The molecular formula is C13H18N2O. The molecule has 0 aliphatic heterocycles. The highest BCUT2D eigenvalue weighted by Crippen LogP contribution is 2.49. The zero-order valence-electron chi connectivity index (χ0n) is 9.57. The molecule has 1 fully saturated rings. The molecule has 3 nitrogen and oxygen atoms in total. The number of carbonyl (C=O) groups excluding carboxylic acids is 1. The minimum absolute atomic E-state index is 0.0109. The minimum Gasteiger partial charge on any atom is -0.354 e. The predicted molar refractivity (Wildman–Crippen MR) is 64.0 cm³/mol. The van der Waals surface area contributed by atoms with Crippen LogP contribution in [0.3, 0.4) is 0 Å². The Kier molecular flexibility index (Phi) is 2.97. The van der Waals surface area contributed by atoms with E-state index in [4.69, 9.17) is 5.73 Å². The van der Waals surface area contributed by atoms with Gasteiger partial charge >= 0.3 is 0 Å². The summed E-state index contributed by atoms with van der Waals surface area (Å²) in [6.45, 7) is 2.74. The van der Waals surface area contributed by atoms with Gasteiger partial charge in [-0.05, 0) is 18.4 Å². The van der Waals surface area contributed by atoms with Crippen molar-refractivity contribution in [1.29, 1.82) is 0 Å². The second kappa shape index (κ2) is 4.26. The van der Waals surface area contributed by atoms with E-state index in [1.807, 2.05) is 37.3 Å². The average Bonchev–Trinajstić information content (AvgIpc) is 3.01. The van der Waals surface area contributed by atoms with Crippen molar-refractivity contribution in [3.05, 3.63) is 35.9 Å². The van der Waals surface area contributed by atoms with Crippen molar-refractivity contribution in [3.63, 3.8) is 0 Å². The van der Waals surface area contributed by atoms with Crippen LogP contribution in [0.5, 0.6) is 0 Å². The zero-order valence-corrected chi connectivity index (χ0v) is 9.57. The summed E-state index contributed by atoms with van der Waals surface area (Å²) in [5.74, 6) is 0.175. The lowest BCUT2D eigenvalue weighted by Crippen LogP contribution is -2.44. The van der Waals surface area contributed by atoms with Crippen LogP contribution in [0.4, 0.5) is 0 Å². The van der Waals surface area contributed by atoms with Gasteiger partial charge in [-0.15, -0.1) is 0 Å². The van der Waals surface area contributed by atoms with Crippen molar-refractivity contribution in [2.75, 3.05) is 6.54 Å². The number of hydrogen-bond acceptors (Lipinski definition) is 2. The smallest absolute Gasteiger partial charge is 0.240 e. The van der Waals surface area contributed by atoms with Gasteiger partial charge in [0.25, 0.3) is 0 Å². The van der Waals surface area contributed by atoms with Gasteiger partial charge in [0, 0.05) is 12.5 Å². The molecule has 2 atom stereocenters. The number of amides is 1. The summed E-state index contributed by atoms with van der Waals surface area (Å²) in [6.07, 6.45) is 1.70. The molecular weight excluding hydrogens is 200 g/mol. The highest BCUT2D eigenvalue weighted by atomic mass is 16.2. The van der Waals surface area contributed by atoms with E-state index >= 15 is 0 Å². The molecule has 3 heteroatoms. The molecule has 1 aromatic carbocycles. The fraction of sp³-hybridized carbons (Fsp3) is 0.462. The maximum atomic E-state index is 11.8. The zero-order chi connectivity index (χ0) is 11.6. The number of hydrogen-bond donors (Lipinski definition) is 2. The normalized spacial score (nSPS) is 27.5. The number of rotatable bonds is 4. The lowest BCUT2D eigenvalue weighted by atomic mass is 10.1. The van der Waals surface area contributed by atoms with Crippen molar-refractivity contribution >= 4 is 5.91 Å². The van der Waals surface area contributed by atoms with Crippen molar-refractivity contribution in [1.82, 2.24) is 5.32 Å². The summed E-state index contributed by atoms with van der Waals surface area (Å²) >= 11 is 0. The monoisotopic (exact) mass is 218 g/mol. The Morgan fingerprint density at radius 1 is 1.50 bits per heavy atom. The van der Waals surface area contributed by atoms with Gasteiger partial charge in [-0.3, -0.25) is 4.79 Å². The Morgan fingerprint density at radius 2 is 2.19 bits per heavy atom. The number of nitrogens with one attached hydrogen (secondary N) is 1. The van der Waals surface area contributed by atoms with E-state index in [1.54, 1.807) is 0 Å². The Bertz CT molecular complexity index is 377. The van der Waals surface area contributed by atoms with Gasteiger partial charge in [0.15, 0.2) is 0 Å². The van der Waals surface area contributed by atoms with Gasteiger partial charge in [-0.1, -0.05) is 37.3 Å². The van der Waals surface area contributed by atoms with E-state index in [0.717, 1.165) is 18.4 Å². The quantitative estimate of drug-likeness (QED) is 0.802. The van der Waals surface area contributed by atoms with Crippen LogP contribution in [0.25, 0.3) is 0 Å². The highest BCUT2D eigenvalue weighted by molar-refractivity contribution is 5.91. The molecule has 0 saturated heterocycles. The number of benzene rings is 1. The summed E-state index contributed by atoms with van der Waals surface area (Å²) in [7, 11) is 0. The molecule has 0 unspecified atom stereocenters. The second-order valence-electron chi connectivity index (χ2n) is 4.46. The van der Waals surface area contributed by atoms with Crippen molar-refractivity contribution in [2.45, 2.75) is 31.2 Å². The minimum atomic E-state index is -0.670. The van der Waals surface area contributed by atoms with Crippen molar-refractivity contribution in [3.8, 4) is 0 Å². The molecule has 0 aromatic heterocycles. The number of nitrogens with two attached hydrogens (primary N) is 1. The molecule has 0 bridgehead atoms. The molecule has 3 N–H and O–H groups in total. The van der Waals surface area contributed by atoms with Crippen LogP contribution in [0.15, 0.2) is 30.3 Å². The van der Waals surface area contributed by atoms with E-state index in [1.165, 1.54) is 0 Å². The molecule has 86 valence electrons. The third-order valence-corrected chi connectivity index (χ3v) is 3.16. The first kappa shape index (κ1) is 11.1. The Labute approximate surface area is 96.0 Å². The summed E-state index contributed by atoms with van der Waals surface area (Å²) in [5.41, 5.74) is 6.59.